The predicted molar refractivity (Wildman–Crippen MR) is 77.2 cm³/mol. The normalized spacial score (nSPS) is 20.9. The van der Waals surface area contributed by atoms with Crippen LogP contribution in [-0.2, 0) is 0 Å². The summed E-state index contributed by atoms with van der Waals surface area (Å²) in [6.45, 7) is 1.72. The smallest absolute Gasteiger partial charge is 0.362 e. The molecule has 10 heteroatoms. The maximum atomic E-state index is 13.3. The van der Waals surface area contributed by atoms with Gasteiger partial charge in [-0.15, -0.1) is 0 Å². The lowest BCUT2D eigenvalue weighted by atomic mass is 10.0. The number of benzene rings is 1. The summed E-state index contributed by atoms with van der Waals surface area (Å²) >= 11 is 0. The summed E-state index contributed by atoms with van der Waals surface area (Å²) in [5.74, 6) is -1.26. The van der Waals surface area contributed by atoms with Gasteiger partial charge >= 0.3 is 6.18 Å². The van der Waals surface area contributed by atoms with Gasteiger partial charge in [-0.3, -0.25) is 14.9 Å². The number of nitro benzene ring substituents is 1. The second kappa shape index (κ2) is 6.19. The van der Waals surface area contributed by atoms with Crippen LogP contribution in [0.25, 0.3) is 0 Å². The van der Waals surface area contributed by atoms with Crippen molar-refractivity contribution in [2.75, 3.05) is 0 Å². The first-order valence-corrected chi connectivity index (χ1v) is 7.04. The van der Waals surface area contributed by atoms with Gasteiger partial charge < -0.3 is 5.11 Å². The summed E-state index contributed by atoms with van der Waals surface area (Å²) in [7, 11) is 0. The molecule has 0 spiro atoms. The summed E-state index contributed by atoms with van der Waals surface area (Å²) in [5.41, 5.74) is -4.24. The van der Waals surface area contributed by atoms with Gasteiger partial charge in [-0.1, -0.05) is 19.4 Å². The molecule has 0 fully saturated rings. The molecule has 0 aliphatic carbocycles. The summed E-state index contributed by atoms with van der Waals surface area (Å²) in [4.78, 5) is 22.3. The molecule has 1 heterocycles. The van der Waals surface area contributed by atoms with E-state index in [0.717, 1.165) is 18.2 Å². The number of hydrazone groups is 1. The quantitative estimate of drug-likeness (QED) is 0.670. The third kappa shape index (κ3) is 3.09. The third-order valence-electron chi connectivity index (χ3n) is 3.53. The van der Waals surface area contributed by atoms with Crippen LogP contribution in [0.2, 0.25) is 0 Å². The molecular weight excluding hydrogens is 331 g/mol. The lowest BCUT2D eigenvalue weighted by Crippen LogP contribution is -2.56. The number of hydrogen-bond donors (Lipinski definition) is 1. The lowest BCUT2D eigenvalue weighted by Gasteiger charge is -2.32. The number of hydrogen-bond acceptors (Lipinski definition) is 5. The van der Waals surface area contributed by atoms with Crippen molar-refractivity contribution in [3.8, 4) is 0 Å². The van der Waals surface area contributed by atoms with Crippen LogP contribution in [-0.4, -0.2) is 38.6 Å². The maximum Gasteiger partial charge on any atom is 0.438 e. The molecule has 0 bridgehead atoms. The van der Waals surface area contributed by atoms with E-state index >= 15 is 0 Å². The second-order valence-electron chi connectivity index (χ2n) is 5.33. The third-order valence-corrected chi connectivity index (χ3v) is 3.53. The van der Waals surface area contributed by atoms with Crippen LogP contribution in [0.15, 0.2) is 29.4 Å². The van der Waals surface area contributed by atoms with Gasteiger partial charge in [-0.05, 0) is 12.5 Å². The summed E-state index contributed by atoms with van der Waals surface area (Å²) < 4.78 is 39.8. The Morgan fingerprint density at radius 2 is 2.17 bits per heavy atom. The molecule has 1 aliphatic rings. The van der Waals surface area contributed by atoms with Crippen molar-refractivity contribution in [2.24, 2.45) is 5.10 Å². The zero-order chi connectivity index (χ0) is 18.1. The molecule has 130 valence electrons. The SMILES string of the molecule is CCCC1=NN(C(=O)c2cccc([N+](=O)[O-])c2)[C@](O)(C(F)(F)F)C1. The Morgan fingerprint density at radius 1 is 1.50 bits per heavy atom. The predicted octanol–water partition coefficient (Wildman–Crippen LogP) is 2.85. The molecule has 1 N–H and O–H groups in total. The van der Waals surface area contributed by atoms with Crippen LogP contribution in [0, 0.1) is 10.1 Å². The van der Waals surface area contributed by atoms with E-state index in [1.54, 1.807) is 6.92 Å². The zero-order valence-corrected chi connectivity index (χ0v) is 12.6. The average molecular weight is 345 g/mol. The Labute approximate surface area is 134 Å². The van der Waals surface area contributed by atoms with Crippen molar-refractivity contribution in [2.45, 2.75) is 38.1 Å². The fourth-order valence-electron chi connectivity index (χ4n) is 2.35. The summed E-state index contributed by atoms with van der Waals surface area (Å²) in [5, 5.41) is 24.3. The van der Waals surface area contributed by atoms with E-state index in [2.05, 4.69) is 5.10 Å². The van der Waals surface area contributed by atoms with Crippen LogP contribution in [0.3, 0.4) is 0 Å². The van der Waals surface area contributed by atoms with Crippen LogP contribution >= 0.6 is 0 Å². The van der Waals surface area contributed by atoms with Gasteiger partial charge in [0.1, 0.15) is 0 Å². The highest BCUT2D eigenvalue weighted by Crippen LogP contribution is 2.41. The Kier molecular flexibility index (Phi) is 4.61. The van der Waals surface area contributed by atoms with Crippen LogP contribution < -0.4 is 0 Å². The highest BCUT2D eigenvalue weighted by Gasteiger charge is 2.63. The average Bonchev–Trinajstić information content (AvgIpc) is 2.85. The molecule has 24 heavy (non-hydrogen) atoms. The summed E-state index contributed by atoms with van der Waals surface area (Å²) in [6, 6.07) is 4.24. The minimum Gasteiger partial charge on any atom is -0.362 e. The van der Waals surface area contributed by atoms with Crippen molar-refractivity contribution in [3.05, 3.63) is 39.9 Å². The van der Waals surface area contributed by atoms with Gasteiger partial charge in [0.15, 0.2) is 0 Å². The molecule has 1 atom stereocenters. The lowest BCUT2D eigenvalue weighted by molar-refractivity contribution is -0.384. The molecule has 1 aromatic carbocycles. The Balaban J connectivity index is 2.44. The first kappa shape index (κ1) is 17.9. The Bertz CT molecular complexity index is 705. The van der Waals surface area contributed by atoms with E-state index in [-0.39, 0.29) is 22.7 Å². The van der Waals surface area contributed by atoms with Crippen molar-refractivity contribution >= 4 is 17.3 Å². The molecule has 1 aromatic rings. The van der Waals surface area contributed by atoms with Crippen LogP contribution in [0.1, 0.15) is 36.5 Å². The summed E-state index contributed by atoms with van der Waals surface area (Å²) in [6.07, 6.45) is -5.28. The molecule has 2 rings (SSSR count). The van der Waals surface area contributed by atoms with Gasteiger partial charge in [0.05, 0.1) is 4.92 Å². The number of halogens is 3. The van der Waals surface area contributed by atoms with Gasteiger partial charge in [-0.25, -0.2) is 0 Å². The first-order chi connectivity index (χ1) is 11.1. The number of amides is 1. The van der Waals surface area contributed by atoms with Gasteiger partial charge in [0.25, 0.3) is 17.3 Å². The molecule has 1 amide bonds. The van der Waals surface area contributed by atoms with Crippen molar-refractivity contribution in [1.29, 1.82) is 0 Å². The molecule has 7 nitrogen and oxygen atoms in total. The first-order valence-electron chi connectivity index (χ1n) is 7.04. The van der Waals surface area contributed by atoms with Crippen LogP contribution in [0.4, 0.5) is 18.9 Å². The minimum atomic E-state index is -5.12. The van der Waals surface area contributed by atoms with Crippen molar-refractivity contribution in [3.63, 3.8) is 0 Å². The maximum absolute atomic E-state index is 13.3. The van der Waals surface area contributed by atoms with Crippen molar-refractivity contribution < 1.29 is 28.0 Å². The highest BCUT2D eigenvalue weighted by atomic mass is 19.4. The van der Waals surface area contributed by atoms with E-state index in [4.69, 9.17) is 0 Å². The number of aliphatic hydroxyl groups is 1. The molecule has 1 aliphatic heterocycles. The number of carbonyl (C=O) groups excluding carboxylic acids is 1. The van der Waals surface area contributed by atoms with E-state index in [9.17, 15) is 33.2 Å². The molecule has 0 aromatic heterocycles. The van der Waals surface area contributed by atoms with E-state index in [1.165, 1.54) is 6.07 Å². The van der Waals surface area contributed by atoms with Gasteiger partial charge in [-0.2, -0.15) is 23.3 Å². The number of carbonyl (C=O) groups is 1. The standard InChI is InChI=1S/C14H14F3N3O4/c1-2-4-10-8-13(22,14(15,16)17)19(18-10)12(21)9-5-3-6-11(7-9)20(23)24/h3,5-7,22H,2,4,8H2,1H3/t13-/m1/s1. The van der Waals surface area contributed by atoms with E-state index in [0.29, 0.717) is 6.42 Å². The number of non-ortho nitro benzene ring substituents is 1. The molecule has 0 saturated heterocycles. The monoisotopic (exact) mass is 345 g/mol. The topological polar surface area (TPSA) is 96.0 Å². The Morgan fingerprint density at radius 3 is 2.71 bits per heavy atom. The minimum absolute atomic E-state index is 0.0307. The number of nitro groups is 1. The second-order valence-corrected chi connectivity index (χ2v) is 5.33. The molecular formula is C14H14F3N3O4. The van der Waals surface area contributed by atoms with E-state index < -0.39 is 34.8 Å². The number of alkyl halides is 3. The Hall–Kier alpha value is -2.49. The van der Waals surface area contributed by atoms with Crippen LogP contribution in [0.5, 0.6) is 0 Å². The molecule has 0 radical (unpaired) electrons. The fraction of sp³-hybridized carbons (Fsp3) is 0.429. The zero-order valence-electron chi connectivity index (χ0n) is 12.6. The van der Waals surface area contributed by atoms with Gasteiger partial charge in [0.2, 0.25) is 0 Å². The van der Waals surface area contributed by atoms with E-state index in [1.807, 2.05) is 0 Å². The molecule has 0 unspecified atom stereocenters. The van der Waals surface area contributed by atoms with Gasteiger partial charge in [0, 0.05) is 29.8 Å². The number of nitrogens with zero attached hydrogens (tertiary/aromatic N) is 3. The fourth-order valence-corrected chi connectivity index (χ4v) is 2.35. The largest absolute Gasteiger partial charge is 0.438 e. The van der Waals surface area contributed by atoms with Crippen molar-refractivity contribution in [1.82, 2.24) is 5.01 Å². The molecule has 0 saturated carbocycles. The number of rotatable bonds is 4. The highest BCUT2D eigenvalue weighted by molar-refractivity contribution is 5.98.